The highest BCUT2D eigenvalue weighted by molar-refractivity contribution is 5.95. The second-order valence-electron chi connectivity index (χ2n) is 5.18. The molecular weight excluding hydrogens is 264 g/mol. The van der Waals surface area contributed by atoms with E-state index in [1.165, 1.54) is 11.1 Å². The lowest BCUT2D eigenvalue weighted by Crippen LogP contribution is -2.12. The number of nitrogens with zero attached hydrogens (tertiary/aromatic N) is 1. The number of benzene rings is 1. The van der Waals surface area contributed by atoms with Crippen molar-refractivity contribution in [3.8, 4) is 0 Å². The normalized spacial score (nSPS) is 10.4. The number of nitrogens with one attached hydrogen (secondary N) is 1. The van der Waals surface area contributed by atoms with Crippen LogP contribution in [-0.4, -0.2) is 22.6 Å². The summed E-state index contributed by atoms with van der Waals surface area (Å²) in [4.78, 5) is 15.6. The van der Waals surface area contributed by atoms with Gasteiger partial charge in [-0.1, -0.05) is 24.3 Å². The summed E-state index contributed by atoms with van der Waals surface area (Å²) in [6.45, 7) is 6.36. The summed E-state index contributed by atoms with van der Waals surface area (Å²) in [5.41, 5.74) is 4.77. The summed E-state index contributed by atoms with van der Waals surface area (Å²) in [6.07, 6.45) is 0.853. The van der Waals surface area contributed by atoms with Crippen LogP contribution in [0.15, 0.2) is 30.3 Å². The van der Waals surface area contributed by atoms with Crippen LogP contribution in [0.25, 0.3) is 0 Å². The highest BCUT2D eigenvalue weighted by Crippen LogP contribution is 2.20. The van der Waals surface area contributed by atoms with E-state index < -0.39 is 5.97 Å². The molecule has 0 aliphatic rings. The van der Waals surface area contributed by atoms with Crippen LogP contribution in [0.1, 0.15) is 32.9 Å². The van der Waals surface area contributed by atoms with Crippen molar-refractivity contribution in [3.05, 3.63) is 58.4 Å². The minimum absolute atomic E-state index is 0.255. The Bertz CT molecular complexity index is 666. The van der Waals surface area contributed by atoms with Crippen molar-refractivity contribution in [3.63, 3.8) is 0 Å². The Morgan fingerprint density at radius 2 is 1.95 bits per heavy atom. The number of pyridine rings is 1. The molecule has 1 aromatic heterocycles. The van der Waals surface area contributed by atoms with E-state index in [9.17, 15) is 9.90 Å². The molecule has 0 saturated carbocycles. The van der Waals surface area contributed by atoms with Crippen molar-refractivity contribution < 1.29 is 9.90 Å². The summed E-state index contributed by atoms with van der Waals surface area (Å²) >= 11 is 0. The highest BCUT2D eigenvalue weighted by atomic mass is 16.4. The van der Waals surface area contributed by atoms with Crippen LogP contribution in [0.2, 0.25) is 0 Å². The van der Waals surface area contributed by atoms with Crippen LogP contribution in [0.4, 0.5) is 5.69 Å². The Hall–Kier alpha value is -2.36. The van der Waals surface area contributed by atoms with Crippen molar-refractivity contribution in [2.75, 3.05) is 11.9 Å². The van der Waals surface area contributed by atoms with E-state index in [1.54, 1.807) is 13.0 Å². The third kappa shape index (κ3) is 3.60. The van der Waals surface area contributed by atoms with Crippen LogP contribution in [-0.2, 0) is 6.42 Å². The van der Waals surface area contributed by atoms with Gasteiger partial charge in [0.25, 0.3) is 0 Å². The van der Waals surface area contributed by atoms with Crippen LogP contribution in [0, 0.1) is 20.8 Å². The van der Waals surface area contributed by atoms with Gasteiger partial charge in [-0.15, -0.1) is 0 Å². The predicted molar refractivity (Wildman–Crippen MR) is 84.0 cm³/mol. The number of aromatic nitrogens is 1. The molecule has 0 unspecified atom stereocenters. The molecule has 110 valence electrons. The van der Waals surface area contributed by atoms with E-state index in [2.05, 4.69) is 29.4 Å². The van der Waals surface area contributed by atoms with E-state index >= 15 is 0 Å². The van der Waals surface area contributed by atoms with Crippen molar-refractivity contribution in [1.29, 1.82) is 0 Å². The first-order valence-corrected chi connectivity index (χ1v) is 6.99. The molecule has 0 atom stereocenters. The predicted octanol–water partition coefficient (Wildman–Crippen LogP) is 3.36. The van der Waals surface area contributed by atoms with Crippen molar-refractivity contribution >= 4 is 11.7 Å². The van der Waals surface area contributed by atoms with E-state index in [0.717, 1.165) is 12.1 Å². The lowest BCUT2D eigenvalue weighted by Gasteiger charge is -2.13. The van der Waals surface area contributed by atoms with E-state index in [0.29, 0.717) is 17.9 Å². The lowest BCUT2D eigenvalue weighted by molar-refractivity contribution is 0.0696. The van der Waals surface area contributed by atoms with Gasteiger partial charge >= 0.3 is 5.97 Å². The molecule has 4 nitrogen and oxygen atoms in total. The second-order valence-corrected chi connectivity index (χ2v) is 5.18. The molecular formula is C17H20N2O2. The zero-order chi connectivity index (χ0) is 15.4. The molecule has 0 spiro atoms. The highest BCUT2D eigenvalue weighted by Gasteiger charge is 2.15. The minimum Gasteiger partial charge on any atom is -0.478 e. The fourth-order valence-electron chi connectivity index (χ4n) is 2.46. The average Bonchev–Trinajstić information content (AvgIpc) is 2.39. The summed E-state index contributed by atoms with van der Waals surface area (Å²) in [5.74, 6) is -0.946. The summed E-state index contributed by atoms with van der Waals surface area (Å²) in [6, 6.07) is 10.0. The number of anilines is 1. The maximum atomic E-state index is 11.4. The maximum absolute atomic E-state index is 11.4. The number of carboxylic acids is 1. The number of aromatic carboxylic acids is 1. The first-order chi connectivity index (χ1) is 9.99. The summed E-state index contributed by atoms with van der Waals surface area (Å²) < 4.78 is 0. The van der Waals surface area contributed by atoms with Gasteiger partial charge in [-0.3, -0.25) is 4.98 Å². The molecule has 1 aromatic carbocycles. The molecule has 0 aliphatic carbocycles. The van der Waals surface area contributed by atoms with Crippen molar-refractivity contribution in [2.24, 2.45) is 0 Å². The van der Waals surface area contributed by atoms with E-state index in [4.69, 9.17) is 0 Å². The zero-order valence-corrected chi connectivity index (χ0v) is 12.6. The third-order valence-electron chi connectivity index (χ3n) is 3.51. The zero-order valence-electron chi connectivity index (χ0n) is 12.6. The van der Waals surface area contributed by atoms with Gasteiger partial charge in [-0.05, 0) is 44.4 Å². The Kier molecular flexibility index (Phi) is 4.58. The molecule has 2 aromatic rings. The van der Waals surface area contributed by atoms with Crippen LogP contribution in [0.3, 0.4) is 0 Å². The van der Waals surface area contributed by atoms with Gasteiger partial charge in [0, 0.05) is 12.2 Å². The van der Waals surface area contributed by atoms with Crippen molar-refractivity contribution in [1.82, 2.24) is 4.98 Å². The molecule has 0 saturated heterocycles. The SMILES string of the molecule is Cc1cc(NCCc2ccccc2C)c(C(=O)O)c(C)n1. The second kappa shape index (κ2) is 6.39. The number of hydrogen-bond donors (Lipinski definition) is 2. The Morgan fingerprint density at radius 1 is 1.24 bits per heavy atom. The minimum atomic E-state index is -0.946. The molecule has 4 heteroatoms. The topological polar surface area (TPSA) is 62.2 Å². The Labute approximate surface area is 124 Å². The van der Waals surface area contributed by atoms with Crippen LogP contribution >= 0.6 is 0 Å². The smallest absolute Gasteiger partial charge is 0.339 e. The van der Waals surface area contributed by atoms with Gasteiger partial charge in [0.15, 0.2) is 0 Å². The van der Waals surface area contributed by atoms with E-state index in [1.807, 2.05) is 19.1 Å². The standard InChI is InChI=1S/C17H20N2O2/c1-11-6-4-5-7-14(11)8-9-18-15-10-12(2)19-13(3)16(15)17(20)21/h4-7,10H,8-9H2,1-3H3,(H,18,19)(H,20,21). The van der Waals surface area contributed by atoms with Gasteiger partial charge in [-0.25, -0.2) is 4.79 Å². The molecule has 0 fully saturated rings. The summed E-state index contributed by atoms with van der Waals surface area (Å²) in [7, 11) is 0. The Morgan fingerprint density at radius 3 is 2.62 bits per heavy atom. The molecule has 0 radical (unpaired) electrons. The molecule has 2 rings (SSSR count). The first kappa shape index (κ1) is 15.0. The molecule has 0 bridgehead atoms. The maximum Gasteiger partial charge on any atom is 0.339 e. The van der Waals surface area contributed by atoms with Gasteiger partial charge in [0.05, 0.1) is 11.4 Å². The molecule has 21 heavy (non-hydrogen) atoms. The third-order valence-corrected chi connectivity index (χ3v) is 3.51. The molecule has 1 heterocycles. The number of carboxylic acid groups (broad SMARTS) is 1. The number of aryl methyl sites for hydroxylation is 3. The van der Waals surface area contributed by atoms with Crippen LogP contribution < -0.4 is 5.32 Å². The fourth-order valence-corrected chi connectivity index (χ4v) is 2.46. The first-order valence-electron chi connectivity index (χ1n) is 6.99. The van der Waals surface area contributed by atoms with Crippen LogP contribution in [0.5, 0.6) is 0 Å². The van der Waals surface area contributed by atoms with Gasteiger partial charge in [-0.2, -0.15) is 0 Å². The molecule has 0 aliphatic heterocycles. The van der Waals surface area contributed by atoms with E-state index in [-0.39, 0.29) is 5.56 Å². The molecule has 0 amide bonds. The molecule has 2 N–H and O–H groups in total. The van der Waals surface area contributed by atoms with Crippen molar-refractivity contribution in [2.45, 2.75) is 27.2 Å². The largest absolute Gasteiger partial charge is 0.478 e. The number of hydrogen-bond acceptors (Lipinski definition) is 3. The number of rotatable bonds is 5. The lowest BCUT2D eigenvalue weighted by atomic mass is 10.1. The fraction of sp³-hybridized carbons (Fsp3) is 0.294. The Balaban J connectivity index is 2.13. The van der Waals surface area contributed by atoms with Gasteiger partial charge in [0.1, 0.15) is 5.56 Å². The van der Waals surface area contributed by atoms with Gasteiger partial charge in [0.2, 0.25) is 0 Å². The quantitative estimate of drug-likeness (QED) is 0.883. The number of carbonyl (C=O) groups is 1. The van der Waals surface area contributed by atoms with Gasteiger partial charge < -0.3 is 10.4 Å². The summed E-state index contributed by atoms with van der Waals surface area (Å²) in [5, 5.41) is 12.5. The monoisotopic (exact) mass is 284 g/mol. The average molecular weight is 284 g/mol.